The van der Waals surface area contributed by atoms with Crippen LogP contribution in [0.15, 0.2) is 30.3 Å². The minimum Gasteiger partial charge on any atom is -0.379 e. The monoisotopic (exact) mass is 221 g/mol. The molecule has 1 aromatic rings. The Bertz CT molecular complexity index is 297. The quantitative estimate of drug-likeness (QED) is 0.801. The lowest BCUT2D eigenvalue weighted by atomic mass is 9.85. The molecule has 0 heterocycles. The SMILES string of the molecule is CCC(N)(CCOC(C)C)c1ccccc1. The van der Waals surface area contributed by atoms with E-state index in [-0.39, 0.29) is 11.6 Å². The molecule has 1 aromatic carbocycles. The average molecular weight is 221 g/mol. The van der Waals surface area contributed by atoms with Crippen molar-refractivity contribution in [2.45, 2.75) is 45.3 Å². The second kappa shape index (κ2) is 6.02. The second-order valence-electron chi connectivity index (χ2n) is 4.55. The molecule has 0 aliphatic carbocycles. The Labute approximate surface area is 98.8 Å². The van der Waals surface area contributed by atoms with E-state index in [1.807, 2.05) is 32.0 Å². The predicted molar refractivity (Wildman–Crippen MR) is 68.3 cm³/mol. The van der Waals surface area contributed by atoms with Crippen LogP contribution in [-0.2, 0) is 10.3 Å². The van der Waals surface area contributed by atoms with Crippen molar-refractivity contribution in [3.05, 3.63) is 35.9 Å². The van der Waals surface area contributed by atoms with Gasteiger partial charge in [0.1, 0.15) is 0 Å². The molecular formula is C14H23NO. The van der Waals surface area contributed by atoms with Crippen LogP contribution in [0.5, 0.6) is 0 Å². The smallest absolute Gasteiger partial charge is 0.0518 e. The highest BCUT2D eigenvalue weighted by Gasteiger charge is 2.24. The summed E-state index contributed by atoms with van der Waals surface area (Å²) in [5.41, 5.74) is 7.37. The first-order valence-corrected chi connectivity index (χ1v) is 6.04. The highest BCUT2D eigenvalue weighted by atomic mass is 16.5. The van der Waals surface area contributed by atoms with Crippen LogP contribution >= 0.6 is 0 Å². The fourth-order valence-corrected chi connectivity index (χ4v) is 1.77. The lowest BCUT2D eigenvalue weighted by Crippen LogP contribution is -2.37. The molecule has 2 N–H and O–H groups in total. The summed E-state index contributed by atoms with van der Waals surface area (Å²) >= 11 is 0. The molecule has 0 aliphatic rings. The van der Waals surface area contributed by atoms with E-state index in [0.29, 0.717) is 0 Å². The Kier molecular flexibility index (Phi) is 4.97. The zero-order valence-corrected chi connectivity index (χ0v) is 10.6. The first-order chi connectivity index (χ1) is 7.58. The molecule has 0 amide bonds. The summed E-state index contributed by atoms with van der Waals surface area (Å²) in [4.78, 5) is 0. The van der Waals surface area contributed by atoms with Crippen molar-refractivity contribution in [1.29, 1.82) is 0 Å². The van der Waals surface area contributed by atoms with Gasteiger partial charge in [-0.1, -0.05) is 37.3 Å². The van der Waals surface area contributed by atoms with Crippen molar-refractivity contribution in [3.63, 3.8) is 0 Å². The van der Waals surface area contributed by atoms with Crippen molar-refractivity contribution in [2.24, 2.45) is 5.73 Å². The first kappa shape index (κ1) is 13.2. The molecule has 16 heavy (non-hydrogen) atoms. The number of benzene rings is 1. The van der Waals surface area contributed by atoms with Crippen LogP contribution in [0.3, 0.4) is 0 Å². The van der Waals surface area contributed by atoms with Gasteiger partial charge in [-0.05, 0) is 32.3 Å². The summed E-state index contributed by atoms with van der Waals surface area (Å²) in [6.45, 7) is 6.94. The molecular weight excluding hydrogens is 198 g/mol. The van der Waals surface area contributed by atoms with E-state index in [9.17, 15) is 0 Å². The zero-order chi connectivity index (χ0) is 12.0. The largest absolute Gasteiger partial charge is 0.379 e. The molecule has 0 fully saturated rings. The number of ether oxygens (including phenoxy) is 1. The third-order valence-corrected chi connectivity index (χ3v) is 2.98. The van der Waals surface area contributed by atoms with E-state index in [1.54, 1.807) is 0 Å². The topological polar surface area (TPSA) is 35.2 Å². The van der Waals surface area contributed by atoms with Crippen LogP contribution in [0.1, 0.15) is 39.2 Å². The normalized spacial score (nSPS) is 15.1. The maximum atomic E-state index is 6.42. The van der Waals surface area contributed by atoms with E-state index in [1.165, 1.54) is 5.56 Å². The summed E-state index contributed by atoms with van der Waals surface area (Å²) in [7, 11) is 0. The minimum absolute atomic E-state index is 0.254. The van der Waals surface area contributed by atoms with Gasteiger partial charge in [-0.3, -0.25) is 0 Å². The van der Waals surface area contributed by atoms with Gasteiger partial charge in [-0.25, -0.2) is 0 Å². The molecule has 2 nitrogen and oxygen atoms in total. The molecule has 1 atom stereocenters. The van der Waals surface area contributed by atoms with E-state index >= 15 is 0 Å². The lowest BCUT2D eigenvalue weighted by Gasteiger charge is -2.29. The standard InChI is InChI=1S/C14H23NO/c1-4-14(15,10-11-16-12(2)3)13-8-6-5-7-9-13/h5-9,12H,4,10-11,15H2,1-3H3. The second-order valence-corrected chi connectivity index (χ2v) is 4.55. The van der Waals surface area contributed by atoms with Crippen LogP contribution in [0.4, 0.5) is 0 Å². The van der Waals surface area contributed by atoms with E-state index in [4.69, 9.17) is 10.5 Å². The van der Waals surface area contributed by atoms with Crippen molar-refractivity contribution >= 4 is 0 Å². The summed E-state index contributed by atoms with van der Waals surface area (Å²) in [6.07, 6.45) is 2.07. The highest BCUT2D eigenvalue weighted by molar-refractivity contribution is 5.23. The molecule has 0 aliphatic heterocycles. The van der Waals surface area contributed by atoms with Gasteiger partial charge >= 0.3 is 0 Å². The van der Waals surface area contributed by atoms with E-state index in [0.717, 1.165) is 19.4 Å². The first-order valence-electron chi connectivity index (χ1n) is 6.04. The lowest BCUT2D eigenvalue weighted by molar-refractivity contribution is 0.0636. The molecule has 2 heteroatoms. The van der Waals surface area contributed by atoms with Crippen LogP contribution in [-0.4, -0.2) is 12.7 Å². The number of nitrogens with two attached hydrogens (primary N) is 1. The zero-order valence-electron chi connectivity index (χ0n) is 10.6. The summed E-state index contributed by atoms with van der Waals surface area (Å²) in [5.74, 6) is 0. The third kappa shape index (κ3) is 3.62. The van der Waals surface area contributed by atoms with Gasteiger partial charge in [0.05, 0.1) is 6.10 Å². The van der Waals surface area contributed by atoms with Gasteiger partial charge in [0, 0.05) is 12.1 Å². The fourth-order valence-electron chi connectivity index (χ4n) is 1.77. The maximum Gasteiger partial charge on any atom is 0.0518 e. The molecule has 0 radical (unpaired) electrons. The van der Waals surface area contributed by atoms with E-state index < -0.39 is 0 Å². The molecule has 0 aromatic heterocycles. The Morgan fingerprint density at radius 1 is 1.25 bits per heavy atom. The number of hydrogen-bond acceptors (Lipinski definition) is 2. The Hall–Kier alpha value is -0.860. The fraction of sp³-hybridized carbons (Fsp3) is 0.571. The molecule has 0 bridgehead atoms. The van der Waals surface area contributed by atoms with Gasteiger partial charge in [0.25, 0.3) is 0 Å². The minimum atomic E-state index is -0.254. The number of hydrogen-bond donors (Lipinski definition) is 1. The van der Waals surface area contributed by atoms with Crippen molar-refractivity contribution < 1.29 is 4.74 Å². The number of rotatable bonds is 6. The van der Waals surface area contributed by atoms with Gasteiger partial charge in [-0.2, -0.15) is 0 Å². The van der Waals surface area contributed by atoms with Crippen LogP contribution in [0.2, 0.25) is 0 Å². The van der Waals surface area contributed by atoms with Gasteiger partial charge in [-0.15, -0.1) is 0 Å². The van der Waals surface area contributed by atoms with Crippen molar-refractivity contribution in [2.75, 3.05) is 6.61 Å². The highest BCUT2D eigenvalue weighted by Crippen LogP contribution is 2.25. The van der Waals surface area contributed by atoms with Crippen molar-refractivity contribution in [1.82, 2.24) is 0 Å². The molecule has 0 spiro atoms. The third-order valence-electron chi connectivity index (χ3n) is 2.98. The van der Waals surface area contributed by atoms with Crippen LogP contribution in [0, 0.1) is 0 Å². The van der Waals surface area contributed by atoms with Crippen molar-refractivity contribution in [3.8, 4) is 0 Å². The molecule has 90 valence electrons. The molecule has 1 unspecified atom stereocenters. The van der Waals surface area contributed by atoms with Gasteiger partial charge in [0.15, 0.2) is 0 Å². The maximum absolute atomic E-state index is 6.42. The molecule has 1 rings (SSSR count). The molecule has 0 saturated carbocycles. The summed E-state index contributed by atoms with van der Waals surface area (Å²) in [5, 5.41) is 0. The van der Waals surface area contributed by atoms with Crippen LogP contribution in [0.25, 0.3) is 0 Å². The summed E-state index contributed by atoms with van der Waals surface area (Å²) < 4.78 is 5.58. The molecule has 0 saturated heterocycles. The average Bonchev–Trinajstić information content (AvgIpc) is 2.29. The predicted octanol–water partition coefficient (Wildman–Crippen LogP) is 3.07. The Morgan fingerprint density at radius 3 is 2.38 bits per heavy atom. The van der Waals surface area contributed by atoms with Crippen LogP contribution < -0.4 is 5.73 Å². The summed E-state index contributed by atoms with van der Waals surface area (Å²) in [6, 6.07) is 10.3. The van der Waals surface area contributed by atoms with Gasteiger partial charge in [0.2, 0.25) is 0 Å². The Balaban J connectivity index is 2.63. The van der Waals surface area contributed by atoms with Gasteiger partial charge < -0.3 is 10.5 Å². The Morgan fingerprint density at radius 2 is 1.88 bits per heavy atom. The van der Waals surface area contributed by atoms with E-state index in [2.05, 4.69) is 19.1 Å².